The number of halogens is 3. The molecule has 100 valence electrons. The Kier molecular flexibility index (Phi) is 4.72. The molecule has 2 N–H and O–H groups in total. The predicted octanol–water partition coefficient (Wildman–Crippen LogP) is 1.99. The zero-order chi connectivity index (χ0) is 13.9. The average molecular weight is 261 g/mol. The maximum Gasteiger partial charge on any atom is 0.254 e. The molecule has 2 atom stereocenters. The Morgan fingerprint density at radius 3 is 2.44 bits per heavy atom. The first-order chi connectivity index (χ1) is 8.32. The molecule has 0 aliphatic rings. The third kappa shape index (κ3) is 3.46. The first-order valence-corrected chi connectivity index (χ1v) is 5.45. The summed E-state index contributed by atoms with van der Waals surface area (Å²) in [6.07, 6.45) is -0.355. The topological polar surface area (TPSA) is 49.3 Å². The molecule has 2 unspecified atom stereocenters. The van der Waals surface area contributed by atoms with Crippen LogP contribution in [0.3, 0.4) is 0 Å². The molecule has 6 heteroatoms. The van der Waals surface area contributed by atoms with Gasteiger partial charge in [-0.25, -0.2) is 13.2 Å². The lowest BCUT2D eigenvalue weighted by atomic mass is 10.1. The van der Waals surface area contributed by atoms with Crippen molar-refractivity contribution >= 4 is 5.91 Å². The van der Waals surface area contributed by atoms with Crippen LogP contribution in [0.4, 0.5) is 13.2 Å². The van der Waals surface area contributed by atoms with Gasteiger partial charge in [-0.15, -0.1) is 0 Å². The third-order valence-corrected chi connectivity index (χ3v) is 2.35. The van der Waals surface area contributed by atoms with Crippen LogP contribution in [0.5, 0.6) is 0 Å². The molecule has 1 amide bonds. The lowest BCUT2D eigenvalue weighted by molar-refractivity contribution is 0.0917. The Morgan fingerprint density at radius 1 is 1.28 bits per heavy atom. The van der Waals surface area contributed by atoms with E-state index in [1.165, 1.54) is 0 Å². The van der Waals surface area contributed by atoms with Crippen molar-refractivity contribution in [1.29, 1.82) is 0 Å². The highest BCUT2D eigenvalue weighted by Gasteiger charge is 2.20. The molecule has 18 heavy (non-hydrogen) atoms. The molecule has 0 aliphatic carbocycles. The zero-order valence-electron chi connectivity index (χ0n) is 10.0. The first-order valence-electron chi connectivity index (χ1n) is 5.45. The van der Waals surface area contributed by atoms with Crippen molar-refractivity contribution in [3.05, 3.63) is 35.1 Å². The molecule has 0 radical (unpaired) electrons. The van der Waals surface area contributed by atoms with Crippen molar-refractivity contribution in [2.24, 2.45) is 0 Å². The number of rotatable bonds is 4. The summed E-state index contributed by atoms with van der Waals surface area (Å²) in [6, 6.07) is 1.15. The summed E-state index contributed by atoms with van der Waals surface area (Å²) in [5, 5.41) is 11.5. The standard InChI is InChI=1S/C12H14F3NO2/c1-6(5-7(2)17)16-12(18)8-3-4-9(13)11(15)10(8)14/h3-4,6-7,17H,5H2,1-2H3,(H,16,18). The van der Waals surface area contributed by atoms with Crippen LogP contribution in [0.15, 0.2) is 12.1 Å². The molecular formula is C12H14F3NO2. The molecule has 0 aromatic heterocycles. The minimum absolute atomic E-state index is 0.275. The molecular weight excluding hydrogens is 247 g/mol. The van der Waals surface area contributed by atoms with Gasteiger partial charge in [0.25, 0.3) is 5.91 Å². The van der Waals surface area contributed by atoms with Gasteiger partial charge in [-0.1, -0.05) is 0 Å². The largest absolute Gasteiger partial charge is 0.393 e. The molecule has 1 aromatic rings. The Hall–Kier alpha value is -1.56. The van der Waals surface area contributed by atoms with Gasteiger partial charge in [-0.2, -0.15) is 0 Å². The highest BCUT2D eigenvalue weighted by Crippen LogP contribution is 2.15. The maximum atomic E-state index is 13.3. The number of carbonyl (C=O) groups excluding carboxylic acids is 1. The Labute approximate surface area is 103 Å². The van der Waals surface area contributed by atoms with E-state index in [0.717, 1.165) is 6.07 Å². The quantitative estimate of drug-likeness (QED) is 0.814. The van der Waals surface area contributed by atoms with Crippen LogP contribution in [0.2, 0.25) is 0 Å². The van der Waals surface area contributed by atoms with Gasteiger partial charge in [-0.3, -0.25) is 4.79 Å². The van der Waals surface area contributed by atoms with Crippen molar-refractivity contribution in [3.63, 3.8) is 0 Å². The van der Waals surface area contributed by atoms with Crippen LogP contribution in [0, 0.1) is 17.5 Å². The van der Waals surface area contributed by atoms with Crippen LogP contribution >= 0.6 is 0 Å². The lowest BCUT2D eigenvalue weighted by Gasteiger charge is -2.15. The van der Waals surface area contributed by atoms with E-state index < -0.39 is 41.1 Å². The predicted molar refractivity (Wildman–Crippen MR) is 59.5 cm³/mol. The number of amides is 1. The van der Waals surface area contributed by atoms with Gasteiger partial charge in [0.1, 0.15) is 0 Å². The molecule has 0 saturated carbocycles. The summed E-state index contributed by atoms with van der Waals surface area (Å²) in [7, 11) is 0. The molecule has 0 heterocycles. The Bertz CT molecular complexity index is 449. The monoisotopic (exact) mass is 261 g/mol. The van der Waals surface area contributed by atoms with Gasteiger partial charge >= 0.3 is 0 Å². The number of nitrogens with one attached hydrogen (secondary N) is 1. The second-order valence-electron chi connectivity index (χ2n) is 4.18. The maximum absolute atomic E-state index is 13.3. The minimum atomic E-state index is -1.68. The van der Waals surface area contributed by atoms with Crippen LogP contribution in [-0.2, 0) is 0 Å². The van der Waals surface area contributed by atoms with Crippen LogP contribution in [0.1, 0.15) is 30.6 Å². The average Bonchev–Trinajstić information content (AvgIpc) is 2.24. The summed E-state index contributed by atoms with van der Waals surface area (Å²) in [5.74, 6) is -5.39. The van der Waals surface area contributed by atoms with Crippen molar-refractivity contribution in [3.8, 4) is 0 Å². The van der Waals surface area contributed by atoms with Gasteiger partial charge in [-0.05, 0) is 32.4 Å². The summed E-state index contributed by atoms with van der Waals surface area (Å²) < 4.78 is 38.9. The minimum Gasteiger partial charge on any atom is -0.393 e. The van der Waals surface area contributed by atoms with E-state index in [0.29, 0.717) is 6.07 Å². The van der Waals surface area contributed by atoms with E-state index in [2.05, 4.69) is 5.32 Å². The Morgan fingerprint density at radius 2 is 1.89 bits per heavy atom. The SMILES string of the molecule is CC(O)CC(C)NC(=O)c1ccc(F)c(F)c1F. The number of benzene rings is 1. The number of aliphatic hydroxyl groups excluding tert-OH is 1. The zero-order valence-corrected chi connectivity index (χ0v) is 10.0. The van der Waals surface area contributed by atoms with Crippen molar-refractivity contribution in [1.82, 2.24) is 5.32 Å². The van der Waals surface area contributed by atoms with Gasteiger partial charge in [0.2, 0.25) is 0 Å². The fraction of sp³-hybridized carbons (Fsp3) is 0.417. The van der Waals surface area contributed by atoms with Crippen molar-refractivity contribution < 1.29 is 23.1 Å². The van der Waals surface area contributed by atoms with Crippen LogP contribution < -0.4 is 5.32 Å². The number of aliphatic hydroxyl groups is 1. The normalized spacial score (nSPS) is 14.1. The summed E-state index contributed by atoms with van der Waals surface area (Å²) >= 11 is 0. The summed E-state index contributed by atoms with van der Waals surface area (Å²) in [4.78, 5) is 11.6. The van der Waals surface area contributed by atoms with E-state index >= 15 is 0 Å². The highest BCUT2D eigenvalue weighted by atomic mass is 19.2. The highest BCUT2D eigenvalue weighted by molar-refractivity contribution is 5.94. The molecule has 0 bridgehead atoms. The second-order valence-corrected chi connectivity index (χ2v) is 4.18. The fourth-order valence-electron chi connectivity index (χ4n) is 1.57. The van der Waals surface area contributed by atoms with Gasteiger partial charge < -0.3 is 10.4 Å². The molecule has 0 aliphatic heterocycles. The number of carbonyl (C=O) groups is 1. The van der Waals surface area contributed by atoms with E-state index in [-0.39, 0.29) is 6.42 Å². The molecule has 0 saturated heterocycles. The van der Waals surface area contributed by atoms with E-state index in [1.807, 2.05) is 0 Å². The van der Waals surface area contributed by atoms with Crippen molar-refractivity contribution in [2.75, 3.05) is 0 Å². The molecule has 3 nitrogen and oxygen atoms in total. The van der Waals surface area contributed by atoms with Crippen LogP contribution in [-0.4, -0.2) is 23.2 Å². The number of hydrogen-bond acceptors (Lipinski definition) is 2. The molecule has 0 spiro atoms. The van der Waals surface area contributed by atoms with E-state index in [9.17, 15) is 18.0 Å². The molecule has 1 aromatic carbocycles. The smallest absolute Gasteiger partial charge is 0.254 e. The van der Waals surface area contributed by atoms with E-state index in [1.54, 1.807) is 13.8 Å². The first kappa shape index (κ1) is 14.5. The lowest BCUT2D eigenvalue weighted by Crippen LogP contribution is -2.35. The van der Waals surface area contributed by atoms with Crippen LogP contribution in [0.25, 0.3) is 0 Å². The third-order valence-electron chi connectivity index (χ3n) is 2.35. The van der Waals surface area contributed by atoms with E-state index in [4.69, 9.17) is 5.11 Å². The second kappa shape index (κ2) is 5.86. The van der Waals surface area contributed by atoms with Gasteiger partial charge in [0, 0.05) is 6.04 Å². The summed E-state index contributed by atoms with van der Waals surface area (Å²) in [6.45, 7) is 3.16. The Balaban J connectivity index is 2.82. The van der Waals surface area contributed by atoms with Gasteiger partial charge in [0.15, 0.2) is 17.5 Å². The molecule has 1 rings (SSSR count). The van der Waals surface area contributed by atoms with Crippen molar-refractivity contribution in [2.45, 2.75) is 32.4 Å². The fourth-order valence-corrected chi connectivity index (χ4v) is 1.57. The number of hydrogen-bond donors (Lipinski definition) is 2. The molecule has 0 fully saturated rings. The summed E-state index contributed by atoms with van der Waals surface area (Å²) in [5.41, 5.74) is -0.564. The van der Waals surface area contributed by atoms with Gasteiger partial charge in [0.05, 0.1) is 11.7 Å².